The number of unbranched alkanes of at least 4 members (excludes halogenated alkanes) is 2. The molecule has 1 saturated carbocycles. The first-order valence-electron chi connectivity index (χ1n) is 12.2. The fourth-order valence-corrected chi connectivity index (χ4v) is 4.48. The van der Waals surface area contributed by atoms with Gasteiger partial charge < -0.3 is 9.84 Å². The molecule has 1 aliphatic carbocycles. The highest BCUT2D eigenvalue weighted by atomic mass is 19.3. The molecular formula is C26H34F4N2O2. The second-order valence-corrected chi connectivity index (χ2v) is 9.35. The molecule has 1 aromatic heterocycles. The minimum absolute atomic E-state index is 0.0501. The minimum Gasteiger partial charge on any atom is -0.364 e. The molecule has 1 fully saturated rings. The van der Waals surface area contributed by atoms with E-state index in [1.165, 1.54) is 12.1 Å². The monoisotopic (exact) mass is 482 g/mol. The number of rotatable bonds is 11. The maximum absolute atomic E-state index is 14.8. The summed E-state index contributed by atoms with van der Waals surface area (Å²) in [5.74, 6) is -4.85. The van der Waals surface area contributed by atoms with E-state index in [2.05, 4.69) is 9.97 Å². The second-order valence-electron chi connectivity index (χ2n) is 9.35. The average Bonchev–Trinajstić information content (AvgIpc) is 2.80. The molecule has 0 aliphatic heterocycles. The van der Waals surface area contributed by atoms with Crippen molar-refractivity contribution >= 4 is 0 Å². The van der Waals surface area contributed by atoms with E-state index in [1.807, 2.05) is 13.8 Å². The summed E-state index contributed by atoms with van der Waals surface area (Å²) in [6.07, 6.45) is 5.15. The lowest BCUT2D eigenvalue weighted by Gasteiger charge is -2.37. The first-order valence-corrected chi connectivity index (χ1v) is 12.2. The number of ether oxygens (including phenoxy) is 1. The number of benzene rings is 1. The lowest BCUT2D eigenvalue weighted by molar-refractivity contribution is -0.234. The Balaban J connectivity index is 1.49. The third-order valence-electron chi connectivity index (χ3n) is 6.52. The Kier molecular flexibility index (Phi) is 9.42. The van der Waals surface area contributed by atoms with Crippen LogP contribution in [0.15, 0.2) is 24.5 Å². The molecule has 0 spiro atoms. The largest absolute Gasteiger partial charge is 0.364 e. The Morgan fingerprint density at radius 1 is 1.06 bits per heavy atom. The molecule has 1 N–H and O–H groups in total. The van der Waals surface area contributed by atoms with Crippen molar-refractivity contribution in [2.45, 2.75) is 96.4 Å². The standard InChI is InChI=1S/C26H34F4N2O2/c1-3-4-8-19-11-12-20(24(28)23(19)27)25(33)34-21-13-10-18(14-26(21,29)30)7-5-6-9-22-31-15-17(2)16-32-22/h11-12,15-16,18,21,25,33H,3-10,13-14H2,1-2H3. The number of aliphatic hydroxyl groups is 1. The average molecular weight is 483 g/mol. The quantitative estimate of drug-likeness (QED) is 0.222. The van der Waals surface area contributed by atoms with Gasteiger partial charge in [-0.2, -0.15) is 0 Å². The van der Waals surface area contributed by atoms with Crippen LogP contribution in [0.2, 0.25) is 0 Å². The maximum atomic E-state index is 14.8. The van der Waals surface area contributed by atoms with E-state index in [0.29, 0.717) is 32.1 Å². The van der Waals surface area contributed by atoms with Crippen molar-refractivity contribution in [3.05, 3.63) is 58.7 Å². The topological polar surface area (TPSA) is 55.2 Å². The van der Waals surface area contributed by atoms with Gasteiger partial charge in [0.25, 0.3) is 5.92 Å². The van der Waals surface area contributed by atoms with Gasteiger partial charge in [0.15, 0.2) is 17.9 Å². The van der Waals surface area contributed by atoms with Gasteiger partial charge in [0.2, 0.25) is 0 Å². The molecule has 3 rings (SSSR count). The van der Waals surface area contributed by atoms with Gasteiger partial charge in [-0.05, 0) is 56.1 Å². The molecule has 0 amide bonds. The first-order chi connectivity index (χ1) is 16.2. The summed E-state index contributed by atoms with van der Waals surface area (Å²) in [5, 5.41) is 10.3. The lowest BCUT2D eigenvalue weighted by atomic mass is 9.81. The predicted molar refractivity (Wildman–Crippen MR) is 121 cm³/mol. The highest BCUT2D eigenvalue weighted by Gasteiger charge is 2.47. The zero-order chi connectivity index (χ0) is 24.7. The third-order valence-corrected chi connectivity index (χ3v) is 6.52. The fourth-order valence-electron chi connectivity index (χ4n) is 4.48. The van der Waals surface area contributed by atoms with Crippen molar-refractivity contribution in [2.75, 3.05) is 0 Å². The molecule has 1 heterocycles. The van der Waals surface area contributed by atoms with Crippen LogP contribution in [0.5, 0.6) is 0 Å². The summed E-state index contributed by atoms with van der Waals surface area (Å²) in [5.41, 5.74) is 0.746. The SMILES string of the molecule is CCCCc1ccc(C(O)OC2CCC(CCCCc3ncc(C)cn3)CC2(F)F)c(F)c1F. The molecule has 0 saturated heterocycles. The van der Waals surface area contributed by atoms with Gasteiger partial charge in [-0.1, -0.05) is 38.3 Å². The van der Waals surface area contributed by atoms with Gasteiger partial charge in [0, 0.05) is 30.8 Å². The van der Waals surface area contributed by atoms with E-state index < -0.39 is 35.5 Å². The van der Waals surface area contributed by atoms with Crippen LogP contribution in [-0.4, -0.2) is 27.1 Å². The van der Waals surface area contributed by atoms with Gasteiger partial charge in [-0.15, -0.1) is 0 Å². The summed E-state index contributed by atoms with van der Waals surface area (Å²) in [6, 6.07) is 2.60. The Bertz CT molecular complexity index is 924. The van der Waals surface area contributed by atoms with Crippen molar-refractivity contribution in [3.8, 4) is 0 Å². The van der Waals surface area contributed by atoms with E-state index in [0.717, 1.165) is 30.7 Å². The van der Waals surface area contributed by atoms with Crippen LogP contribution in [0.1, 0.15) is 87.1 Å². The molecule has 2 aromatic rings. The summed E-state index contributed by atoms with van der Waals surface area (Å²) in [4.78, 5) is 8.51. The first kappa shape index (κ1) is 26.5. The summed E-state index contributed by atoms with van der Waals surface area (Å²) >= 11 is 0. The molecule has 8 heteroatoms. The highest BCUT2D eigenvalue weighted by Crippen LogP contribution is 2.42. The van der Waals surface area contributed by atoms with Crippen molar-refractivity contribution in [1.29, 1.82) is 0 Å². The van der Waals surface area contributed by atoms with E-state index in [4.69, 9.17) is 4.74 Å². The Morgan fingerprint density at radius 3 is 2.47 bits per heavy atom. The van der Waals surface area contributed by atoms with Gasteiger partial charge in [0.1, 0.15) is 11.9 Å². The highest BCUT2D eigenvalue weighted by molar-refractivity contribution is 5.27. The van der Waals surface area contributed by atoms with Crippen LogP contribution in [-0.2, 0) is 17.6 Å². The normalized spacial score (nSPS) is 20.9. The number of hydrogen-bond donors (Lipinski definition) is 1. The smallest absolute Gasteiger partial charge is 0.274 e. The molecule has 3 atom stereocenters. The van der Waals surface area contributed by atoms with Crippen LogP contribution in [0.4, 0.5) is 17.6 Å². The summed E-state index contributed by atoms with van der Waals surface area (Å²) in [6.45, 7) is 3.86. The zero-order valence-corrected chi connectivity index (χ0v) is 19.9. The Labute approximate surface area is 198 Å². The van der Waals surface area contributed by atoms with E-state index in [1.54, 1.807) is 12.4 Å². The minimum atomic E-state index is -3.15. The van der Waals surface area contributed by atoms with Crippen LogP contribution < -0.4 is 0 Å². The van der Waals surface area contributed by atoms with Crippen molar-refractivity contribution < 1.29 is 27.4 Å². The molecule has 34 heavy (non-hydrogen) atoms. The second kappa shape index (κ2) is 12.1. The molecule has 188 valence electrons. The van der Waals surface area contributed by atoms with Crippen LogP contribution >= 0.6 is 0 Å². The van der Waals surface area contributed by atoms with Gasteiger partial charge in [0.05, 0.1) is 0 Å². The summed E-state index contributed by atoms with van der Waals surface area (Å²) in [7, 11) is 0. The van der Waals surface area contributed by atoms with Crippen molar-refractivity contribution in [3.63, 3.8) is 0 Å². The number of aryl methyl sites for hydroxylation is 3. The Hall–Kier alpha value is -2.06. The predicted octanol–water partition coefficient (Wildman–Crippen LogP) is 6.63. The van der Waals surface area contributed by atoms with E-state index in [-0.39, 0.29) is 24.3 Å². The van der Waals surface area contributed by atoms with Crippen LogP contribution in [0.25, 0.3) is 0 Å². The fraction of sp³-hybridized carbons (Fsp3) is 0.615. The number of aromatic nitrogens is 2. The zero-order valence-electron chi connectivity index (χ0n) is 19.9. The number of hydrogen-bond acceptors (Lipinski definition) is 4. The van der Waals surface area contributed by atoms with Crippen molar-refractivity contribution in [2.24, 2.45) is 5.92 Å². The van der Waals surface area contributed by atoms with Crippen molar-refractivity contribution in [1.82, 2.24) is 9.97 Å². The maximum Gasteiger partial charge on any atom is 0.274 e. The van der Waals surface area contributed by atoms with Gasteiger partial charge >= 0.3 is 0 Å². The van der Waals surface area contributed by atoms with Crippen LogP contribution in [0, 0.1) is 24.5 Å². The van der Waals surface area contributed by atoms with Gasteiger partial charge in [-0.25, -0.2) is 27.5 Å². The molecule has 3 unspecified atom stereocenters. The molecular weight excluding hydrogens is 448 g/mol. The molecule has 1 aliphatic rings. The Morgan fingerprint density at radius 2 is 1.79 bits per heavy atom. The molecule has 0 radical (unpaired) electrons. The number of alkyl halides is 2. The number of nitrogens with zero attached hydrogens (tertiary/aromatic N) is 2. The molecule has 1 aromatic carbocycles. The number of halogens is 4. The van der Waals surface area contributed by atoms with E-state index >= 15 is 0 Å². The molecule has 4 nitrogen and oxygen atoms in total. The van der Waals surface area contributed by atoms with Gasteiger partial charge in [-0.3, -0.25) is 0 Å². The summed E-state index contributed by atoms with van der Waals surface area (Å²) < 4.78 is 63.5. The lowest BCUT2D eigenvalue weighted by Crippen LogP contribution is -2.42. The van der Waals surface area contributed by atoms with Crippen LogP contribution in [0.3, 0.4) is 0 Å². The van der Waals surface area contributed by atoms with E-state index in [9.17, 15) is 22.7 Å². The number of aliphatic hydroxyl groups excluding tert-OH is 1. The third kappa shape index (κ3) is 6.98. The molecule has 0 bridgehead atoms.